The lowest BCUT2D eigenvalue weighted by molar-refractivity contribution is 0.546. The van der Waals surface area contributed by atoms with Gasteiger partial charge in [-0.25, -0.2) is 0 Å². The van der Waals surface area contributed by atoms with Crippen molar-refractivity contribution in [3.8, 4) is 0 Å². The Bertz CT molecular complexity index is 374. The highest BCUT2D eigenvalue weighted by atomic mass is 79.9. The zero-order chi connectivity index (χ0) is 12.1. The Balaban J connectivity index is 2.82. The molecule has 0 amide bonds. The molecule has 0 heterocycles. The molecule has 0 aliphatic heterocycles. The van der Waals surface area contributed by atoms with Gasteiger partial charge < -0.3 is 5.32 Å². The van der Waals surface area contributed by atoms with Gasteiger partial charge in [-0.3, -0.25) is 0 Å². The van der Waals surface area contributed by atoms with Crippen molar-refractivity contribution in [2.45, 2.75) is 25.8 Å². The van der Waals surface area contributed by atoms with E-state index in [1.165, 1.54) is 11.1 Å². The minimum Gasteiger partial charge on any atom is -0.313 e. The van der Waals surface area contributed by atoms with Crippen molar-refractivity contribution in [2.75, 3.05) is 7.05 Å². The normalized spacial score (nSPS) is 12.5. The van der Waals surface area contributed by atoms with E-state index in [9.17, 15) is 0 Å². The summed E-state index contributed by atoms with van der Waals surface area (Å²) in [6, 6.07) is 6.68. The highest BCUT2D eigenvalue weighted by Crippen LogP contribution is 2.29. The average Bonchev–Trinajstić information content (AvgIpc) is 2.21. The molecule has 0 spiro atoms. The summed E-state index contributed by atoms with van der Waals surface area (Å²) >= 11 is 7.07. The maximum absolute atomic E-state index is 3.94. The van der Waals surface area contributed by atoms with Crippen LogP contribution in [-0.4, -0.2) is 7.05 Å². The Kier molecular flexibility index (Phi) is 5.73. The monoisotopic (exact) mass is 345 g/mol. The smallest absolute Gasteiger partial charge is 0.0331 e. The zero-order valence-electron chi connectivity index (χ0n) is 9.69. The number of rotatable bonds is 5. The van der Waals surface area contributed by atoms with Gasteiger partial charge in [0.2, 0.25) is 0 Å². The molecule has 0 aromatic heterocycles. The van der Waals surface area contributed by atoms with Crippen molar-refractivity contribution in [3.63, 3.8) is 0 Å². The van der Waals surface area contributed by atoms with E-state index in [1.54, 1.807) is 0 Å². The standard InChI is InChI=1S/C13H17Br2N/c1-9(2)4-7-13(16-3)11-6-5-10(14)8-12(11)15/h5-6,8,13,16H,1,4,7H2,2-3H3. The first-order chi connectivity index (χ1) is 7.54. The molecule has 0 saturated heterocycles. The first-order valence-corrected chi connectivity index (χ1v) is 6.89. The van der Waals surface area contributed by atoms with Crippen LogP contribution in [0.5, 0.6) is 0 Å². The molecule has 16 heavy (non-hydrogen) atoms. The molecule has 1 unspecified atom stereocenters. The first-order valence-electron chi connectivity index (χ1n) is 5.31. The number of halogens is 2. The van der Waals surface area contributed by atoms with Crippen LogP contribution in [0.1, 0.15) is 31.4 Å². The molecular weight excluding hydrogens is 330 g/mol. The van der Waals surface area contributed by atoms with Crippen LogP contribution in [0.4, 0.5) is 0 Å². The summed E-state index contributed by atoms with van der Waals surface area (Å²) in [5, 5.41) is 3.35. The lowest BCUT2D eigenvalue weighted by Gasteiger charge is -2.18. The summed E-state index contributed by atoms with van der Waals surface area (Å²) in [5.74, 6) is 0. The molecule has 0 aliphatic rings. The van der Waals surface area contributed by atoms with Gasteiger partial charge >= 0.3 is 0 Å². The summed E-state index contributed by atoms with van der Waals surface area (Å²) in [5.41, 5.74) is 2.53. The summed E-state index contributed by atoms with van der Waals surface area (Å²) < 4.78 is 2.24. The van der Waals surface area contributed by atoms with Gasteiger partial charge in [-0.2, -0.15) is 0 Å². The molecule has 88 valence electrons. The molecule has 0 radical (unpaired) electrons. The van der Waals surface area contributed by atoms with E-state index < -0.39 is 0 Å². The number of nitrogens with one attached hydrogen (secondary N) is 1. The molecule has 3 heteroatoms. The molecular formula is C13H17Br2N. The van der Waals surface area contributed by atoms with E-state index in [-0.39, 0.29) is 0 Å². The fourth-order valence-corrected chi connectivity index (χ4v) is 2.95. The molecule has 1 nitrogen and oxygen atoms in total. The van der Waals surface area contributed by atoms with E-state index >= 15 is 0 Å². The average molecular weight is 347 g/mol. The van der Waals surface area contributed by atoms with Crippen LogP contribution in [0, 0.1) is 0 Å². The molecule has 0 bridgehead atoms. The Labute approximate surface area is 115 Å². The van der Waals surface area contributed by atoms with Crippen molar-refractivity contribution >= 4 is 31.9 Å². The second-order valence-electron chi connectivity index (χ2n) is 4.00. The zero-order valence-corrected chi connectivity index (χ0v) is 12.9. The summed E-state index contributed by atoms with van der Waals surface area (Å²) in [4.78, 5) is 0. The van der Waals surface area contributed by atoms with Gasteiger partial charge in [-0.05, 0) is 44.5 Å². The predicted molar refractivity (Wildman–Crippen MR) is 77.7 cm³/mol. The highest BCUT2D eigenvalue weighted by Gasteiger charge is 2.12. The van der Waals surface area contributed by atoms with Gasteiger partial charge in [0.25, 0.3) is 0 Å². The van der Waals surface area contributed by atoms with Crippen LogP contribution in [-0.2, 0) is 0 Å². The second kappa shape index (κ2) is 6.58. The SMILES string of the molecule is C=C(C)CCC(NC)c1ccc(Br)cc1Br. The van der Waals surface area contributed by atoms with Gasteiger partial charge in [0.1, 0.15) is 0 Å². The molecule has 0 aliphatic carbocycles. The molecule has 1 aromatic rings. The van der Waals surface area contributed by atoms with Gasteiger partial charge in [0, 0.05) is 15.0 Å². The maximum Gasteiger partial charge on any atom is 0.0331 e. The predicted octanol–water partition coefficient (Wildman–Crippen LogP) is 4.83. The fourth-order valence-electron chi connectivity index (χ4n) is 1.63. The largest absolute Gasteiger partial charge is 0.313 e. The van der Waals surface area contributed by atoms with Crippen molar-refractivity contribution in [1.82, 2.24) is 5.32 Å². The minimum atomic E-state index is 0.374. The Morgan fingerprint density at radius 2 is 2.12 bits per heavy atom. The number of allylic oxidation sites excluding steroid dienone is 1. The van der Waals surface area contributed by atoms with Gasteiger partial charge in [-0.15, -0.1) is 6.58 Å². The quantitative estimate of drug-likeness (QED) is 0.753. The molecule has 0 fully saturated rings. The highest BCUT2D eigenvalue weighted by molar-refractivity contribution is 9.11. The summed E-state index contributed by atoms with van der Waals surface area (Å²) in [6.07, 6.45) is 2.13. The van der Waals surface area contributed by atoms with Crippen LogP contribution >= 0.6 is 31.9 Å². The Morgan fingerprint density at radius 1 is 1.44 bits per heavy atom. The molecule has 0 saturated carbocycles. The third-order valence-corrected chi connectivity index (χ3v) is 3.73. The molecule has 1 atom stereocenters. The van der Waals surface area contributed by atoms with Gasteiger partial charge in [0.05, 0.1) is 0 Å². The Hall–Kier alpha value is -0.120. The van der Waals surface area contributed by atoms with E-state index in [4.69, 9.17) is 0 Å². The van der Waals surface area contributed by atoms with E-state index in [2.05, 4.69) is 68.9 Å². The van der Waals surface area contributed by atoms with Crippen LogP contribution in [0.25, 0.3) is 0 Å². The van der Waals surface area contributed by atoms with Crippen LogP contribution in [0.15, 0.2) is 39.3 Å². The topological polar surface area (TPSA) is 12.0 Å². The number of hydrogen-bond donors (Lipinski definition) is 1. The number of hydrogen-bond acceptors (Lipinski definition) is 1. The maximum atomic E-state index is 3.94. The van der Waals surface area contributed by atoms with Crippen LogP contribution in [0.2, 0.25) is 0 Å². The fraction of sp³-hybridized carbons (Fsp3) is 0.385. The Morgan fingerprint density at radius 3 is 2.62 bits per heavy atom. The molecule has 1 N–H and O–H groups in total. The van der Waals surface area contributed by atoms with Crippen molar-refractivity contribution in [3.05, 3.63) is 44.9 Å². The summed E-state index contributed by atoms with van der Waals surface area (Å²) in [7, 11) is 2.00. The molecule has 1 rings (SSSR count). The second-order valence-corrected chi connectivity index (χ2v) is 5.77. The van der Waals surface area contributed by atoms with E-state index in [0.29, 0.717) is 6.04 Å². The van der Waals surface area contributed by atoms with E-state index in [0.717, 1.165) is 21.8 Å². The molecule has 1 aromatic carbocycles. The van der Waals surface area contributed by atoms with Crippen LogP contribution in [0.3, 0.4) is 0 Å². The first kappa shape index (κ1) is 13.9. The lowest BCUT2D eigenvalue weighted by atomic mass is 10.0. The third-order valence-electron chi connectivity index (χ3n) is 2.55. The number of benzene rings is 1. The van der Waals surface area contributed by atoms with Crippen molar-refractivity contribution in [1.29, 1.82) is 0 Å². The minimum absolute atomic E-state index is 0.374. The summed E-state index contributed by atoms with van der Waals surface area (Å²) in [6.45, 7) is 6.02. The van der Waals surface area contributed by atoms with Crippen molar-refractivity contribution in [2.24, 2.45) is 0 Å². The van der Waals surface area contributed by atoms with E-state index in [1.807, 2.05) is 7.05 Å². The van der Waals surface area contributed by atoms with Crippen LogP contribution < -0.4 is 5.32 Å². The van der Waals surface area contributed by atoms with Gasteiger partial charge in [0.15, 0.2) is 0 Å². The van der Waals surface area contributed by atoms with Crippen molar-refractivity contribution < 1.29 is 0 Å². The van der Waals surface area contributed by atoms with Gasteiger partial charge in [-0.1, -0.05) is 43.5 Å². The lowest BCUT2D eigenvalue weighted by Crippen LogP contribution is -2.16. The third kappa shape index (κ3) is 4.04.